The second kappa shape index (κ2) is 4.64. The lowest BCUT2D eigenvalue weighted by Crippen LogP contribution is -2.12. The van der Waals surface area contributed by atoms with E-state index in [1.165, 1.54) is 5.56 Å². The van der Waals surface area contributed by atoms with E-state index in [0.29, 0.717) is 0 Å². The summed E-state index contributed by atoms with van der Waals surface area (Å²) in [6.07, 6.45) is 0.977. The van der Waals surface area contributed by atoms with Crippen LogP contribution in [-0.2, 0) is 5.75 Å². The van der Waals surface area contributed by atoms with Crippen molar-refractivity contribution in [2.24, 2.45) is 5.73 Å². The van der Waals surface area contributed by atoms with Gasteiger partial charge in [0.2, 0.25) is 0 Å². The first-order chi connectivity index (χ1) is 7.24. The molecule has 1 heterocycles. The zero-order valence-corrected chi connectivity index (χ0v) is 10.2. The van der Waals surface area contributed by atoms with Gasteiger partial charge in [-0.1, -0.05) is 11.6 Å². The highest BCUT2D eigenvalue weighted by Gasteiger charge is 2.21. The van der Waals surface area contributed by atoms with Crippen molar-refractivity contribution in [3.8, 4) is 5.75 Å². The van der Waals surface area contributed by atoms with Crippen molar-refractivity contribution in [3.63, 3.8) is 0 Å². The molecule has 1 aliphatic rings. The predicted molar refractivity (Wildman–Crippen MR) is 65.7 cm³/mol. The van der Waals surface area contributed by atoms with Gasteiger partial charge in [0.1, 0.15) is 5.75 Å². The van der Waals surface area contributed by atoms with E-state index in [4.69, 9.17) is 22.1 Å². The third-order valence-electron chi connectivity index (χ3n) is 2.67. The molecule has 1 aliphatic heterocycles. The van der Waals surface area contributed by atoms with Crippen LogP contribution in [0.1, 0.15) is 23.6 Å². The van der Waals surface area contributed by atoms with Crippen molar-refractivity contribution < 1.29 is 4.74 Å². The summed E-state index contributed by atoms with van der Waals surface area (Å²) in [5, 5.41) is 0.765. The van der Waals surface area contributed by atoms with Crippen molar-refractivity contribution in [1.82, 2.24) is 0 Å². The Hall–Kier alpha value is -0.380. The summed E-state index contributed by atoms with van der Waals surface area (Å²) in [7, 11) is 1.69. The molecule has 0 fully saturated rings. The average molecular weight is 244 g/mol. The average Bonchev–Trinajstić information content (AvgIpc) is 2.42. The molecule has 0 bridgehead atoms. The van der Waals surface area contributed by atoms with E-state index in [1.807, 2.05) is 23.9 Å². The van der Waals surface area contributed by atoms with E-state index in [-0.39, 0.29) is 6.04 Å². The fourth-order valence-corrected chi connectivity index (χ4v) is 3.27. The van der Waals surface area contributed by atoms with Gasteiger partial charge in [-0.15, -0.1) is 0 Å². The molecule has 0 amide bonds. The van der Waals surface area contributed by atoms with Gasteiger partial charge in [-0.2, -0.15) is 11.8 Å². The van der Waals surface area contributed by atoms with E-state index in [1.54, 1.807) is 7.11 Å². The van der Waals surface area contributed by atoms with E-state index in [0.717, 1.165) is 34.3 Å². The van der Waals surface area contributed by atoms with Crippen LogP contribution in [0, 0.1) is 0 Å². The van der Waals surface area contributed by atoms with Crippen LogP contribution in [0.25, 0.3) is 0 Å². The molecule has 4 heteroatoms. The first-order valence-corrected chi connectivity index (χ1v) is 6.46. The van der Waals surface area contributed by atoms with Gasteiger partial charge < -0.3 is 10.5 Å². The predicted octanol–water partition coefficient (Wildman–Crippen LogP) is 2.99. The molecule has 0 radical (unpaired) electrons. The van der Waals surface area contributed by atoms with Gasteiger partial charge in [0.15, 0.2) is 0 Å². The van der Waals surface area contributed by atoms with Crippen LogP contribution in [0.4, 0.5) is 0 Å². The molecule has 1 aromatic carbocycles. The van der Waals surface area contributed by atoms with E-state index in [2.05, 4.69) is 0 Å². The van der Waals surface area contributed by atoms with Gasteiger partial charge in [-0.05, 0) is 29.9 Å². The maximum absolute atomic E-state index is 6.19. The monoisotopic (exact) mass is 243 g/mol. The van der Waals surface area contributed by atoms with Crippen LogP contribution in [0.3, 0.4) is 0 Å². The molecule has 0 aliphatic carbocycles. The van der Waals surface area contributed by atoms with Crippen LogP contribution in [0.2, 0.25) is 5.02 Å². The number of methoxy groups -OCH3 is 1. The van der Waals surface area contributed by atoms with Crippen molar-refractivity contribution in [1.29, 1.82) is 0 Å². The SMILES string of the molecule is COc1ccc(Cl)c2c1CSCC[C@@H]2N. The highest BCUT2D eigenvalue weighted by atomic mass is 35.5. The van der Waals surface area contributed by atoms with Crippen LogP contribution in [0.15, 0.2) is 12.1 Å². The van der Waals surface area contributed by atoms with Gasteiger partial charge in [-0.3, -0.25) is 0 Å². The minimum atomic E-state index is 0.0394. The summed E-state index contributed by atoms with van der Waals surface area (Å²) in [5.41, 5.74) is 8.35. The second-order valence-electron chi connectivity index (χ2n) is 3.59. The maximum atomic E-state index is 6.19. The van der Waals surface area contributed by atoms with E-state index < -0.39 is 0 Å². The van der Waals surface area contributed by atoms with E-state index in [9.17, 15) is 0 Å². The molecule has 0 saturated heterocycles. The molecule has 0 aromatic heterocycles. The minimum Gasteiger partial charge on any atom is -0.496 e. The molecule has 2 N–H and O–H groups in total. The fraction of sp³-hybridized carbons (Fsp3) is 0.455. The Morgan fingerprint density at radius 1 is 1.53 bits per heavy atom. The molecular formula is C11H14ClNOS. The van der Waals surface area contributed by atoms with Crippen LogP contribution < -0.4 is 10.5 Å². The van der Waals surface area contributed by atoms with Crippen LogP contribution in [-0.4, -0.2) is 12.9 Å². The zero-order chi connectivity index (χ0) is 10.8. The number of ether oxygens (including phenoxy) is 1. The molecule has 0 spiro atoms. The third kappa shape index (κ3) is 2.10. The summed E-state index contributed by atoms with van der Waals surface area (Å²) in [4.78, 5) is 0. The fourth-order valence-electron chi connectivity index (χ4n) is 1.89. The van der Waals surface area contributed by atoms with Crippen LogP contribution in [0.5, 0.6) is 5.75 Å². The lowest BCUT2D eigenvalue weighted by molar-refractivity contribution is 0.410. The zero-order valence-electron chi connectivity index (χ0n) is 8.63. The number of nitrogens with two attached hydrogens (primary N) is 1. The Bertz CT molecular complexity index is 370. The van der Waals surface area contributed by atoms with Crippen LogP contribution >= 0.6 is 23.4 Å². The first-order valence-electron chi connectivity index (χ1n) is 4.92. The number of rotatable bonds is 1. The summed E-state index contributed by atoms with van der Waals surface area (Å²) >= 11 is 8.08. The standard InChI is InChI=1S/C11H14ClNOS/c1-14-10-3-2-8(12)11-7(10)6-15-5-4-9(11)13/h2-3,9H,4-6,13H2,1H3/t9-/m0/s1. The summed E-state index contributed by atoms with van der Waals surface area (Å²) in [6.45, 7) is 0. The molecule has 82 valence electrons. The number of benzene rings is 1. The highest BCUT2D eigenvalue weighted by molar-refractivity contribution is 7.98. The van der Waals surface area contributed by atoms with Gasteiger partial charge >= 0.3 is 0 Å². The number of thioether (sulfide) groups is 1. The van der Waals surface area contributed by atoms with Gasteiger partial charge in [0.25, 0.3) is 0 Å². The lowest BCUT2D eigenvalue weighted by atomic mass is 9.99. The Labute approximate surface area is 99.1 Å². The van der Waals surface area contributed by atoms with Gasteiger partial charge in [0.05, 0.1) is 7.11 Å². The number of halogens is 1. The highest BCUT2D eigenvalue weighted by Crippen LogP contribution is 2.38. The quantitative estimate of drug-likeness (QED) is 0.824. The Balaban J connectivity index is 2.55. The van der Waals surface area contributed by atoms with Crippen molar-refractivity contribution >= 4 is 23.4 Å². The Morgan fingerprint density at radius 2 is 2.33 bits per heavy atom. The number of hydrogen-bond donors (Lipinski definition) is 1. The van der Waals surface area contributed by atoms with Crippen molar-refractivity contribution in [3.05, 3.63) is 28.3 Å². The largest absolute Gasteiger partial charge is 0.496 e. The molecule has 0 saturated carbocycles. The Kier molecular flexibility index (Phi) is 3.44. The van der Waals surface area contributed by atoms with Gasteiger partial charge in [-0.25, -0.2) is 0 Å². The lowest BCUT2D eigenvalue weighted by Gasteiger charge is -2.16. The first kappa shape index (κ1) is 11.1. The Morgan fingerprint density at radius 3 is 3.07 bits per heavy atom. The molecule has 0 unspecified atom stereocenters. The molecular weight excluding hydrogens is 230 g/mol. The number of fused-ring (bicyclic) bond motifs is 1. The maximum Gasteiger partial charge on any atom is 0.123 e. The van der Waals surface area contributed by atoms with Crippen molar-refractivity contribution in [2.45, 2.75) is 18.2 Å². The second-order valence-corrected chi connectivity index (χ2v) is 5.10. The van der Waals surface area contributed by atoms with Gasteiger partial charge in [0, 0.05) is 22.4 Å². The molecule has 1 atom stereocenters. The normalized spacial score (nSPS) is 20.6. The molecule has 2 nitrogen and oxygen atoms in total. The van der Waals surface area contributed by atoms with E-state index >= 15 is 0 Å². The summed E-state index contributed by atoms with van der Waals surface area (Å²) in [6, 6.07) is 3.83. The topological polar surface area (TPSA) is 35.2 Å². The minimum absolute atomic E-state index is 0.0394. The molecule has 15 heavy (non-hydrogen) atoms. The smallest absolute Gasteiger partial charge is 0.123 e. The summed E-state index contributed by atoms with van der Waals surface area (Å²) in [5.74, 6) is 2.92. The number of hydrogen-bond acceptors (Lipinski definition) is 3. The molecule has 1 aromatic rings. The summed E-state index contributed by atoms with van der Waals surface area (Å²) < 4.78 is 5.34. The molecule has 2 rings (SSSR count). The van der Waals surface area contributed by atoms with Crippen molar-refractivity contribution in [2.75, 3.05) is 12.9 Å². The third-order valence-corrected chi connectivity index (χ3v) is 4.02.